The maximum absolute atomic E-state index is 10.6. The van der Waals surface area contributed by atoms with Gasteiger partial charge in [-0.25, -0.2) is 0 Å². The molecule has 3 N–H and O–H groups in total. The molecule has 3 nitrogen and oxygen atoms in total. The van der Waals surface area contributed by atoms with Crippen molar-refractivity contribution < 1.29 is 9.90 Å². The highest BCUT2D eigenvalue weighted by molar-refractivity contribution is 5.72. The van der Waals surface area contributed by atoms with Crippen molar-refractivity contribution in [3.05, 3.63) is 12.2 Å². The Morgan fingerprint density at radius 1 is 1.82 bits per heavy atom. The number of carboxylic acid groups (broad SMARTS) is 1. The van der Waals surface area contributed by atoms with Crippen LogP contribution >= 0.6 is 0 Å². The van der Waals surface area contributed by atoms with Gasteiger partial charge in [-0.2, -0.15) is 0 Å². The lowest BCUT2D eigenvalue weighted by atomic mass is 9.95. The topological polar surface area (TPSA) is 63.3 Å². The maximum Gasteiger partial charge on any atom is 0.308 e. The predicted molar refractivity (Wildman–Crippen MR) is 42.0 cm³/mol. The molecule has 1 aliphatic carbocycles. The van der Waals surface area contributed by atoms with E-state index in [-0.39, 0.29) is 12.0 Å². The summed E-state index contributed by atoms with van der Waals surface area (Å²) in [5.41, 5.74) is 6.58. The van der Waals surface area contributed by atoms with E-state index in [0.29, 0.717) is 6.42 Å². The van der Waals surface area contributed by atoms with E-state index < -0.39 is 11.9 Å². The first kappa shape index (κ1) is 8.27. The Balaban J connectivity index is 2.79. The van der Waals surface area contributed by atoms with E-state index >= 15 is 0 Å². The lowest BCUT2D eigenvalue weighted by Crippen LogP contribution is -2.33. The first-order valence-electron chi connectivity index (χ1n) is 3.70. The third-order valence-corrected chi connectivity index (χ3v) is 2.43. The maximum atomic E-state index is 10.6. The van der Waals surface area contributed by atoms with Gasteiger partial charge in [-0.3, -0.25) is 4.79 Å². The molecular formula is C8H13NO2. The number of carboxylic acids is 1. The van der Waals surface area contributed by atoms with Gasteiger partial charge in [-0.1, -0.05) is 19.1 Å². The number of aliphatic carboxylic acids is 1. The summed E-state index contributed by atoms with van der Waals surface area (Å²) < 4.78 is 0. The van der Waals surface area contributed by atoms with Crippen molar-refractivity contribution in [1.29, 1.82) is 0 Å². The van der Waals surface area contributed by atoms with E-state index in [1.807, 2.05) is 6.92 Å². The SMILES string of the molecule is C=C1C[C@H](N)[C@H](C(=O)O)C1C. The largest absolute Gasteiger partial charge is 0.481 e. The van der Waals surface area contributed by atoms with Crippen LogP contribution in [-0.4, -0.2) is 17.1 Å². The monoisotopic (exact) mass is 155 g/mol. The first-order chi connectivity index (χ1) is 5.04. The summed E-state index contributed by atoms with van der Waals surface area (Å²) >= 11 is 0. The van der Waals surface area contributed by atoms with Gasteiger partial charge in [0.1, 0.15) is 0 Å². The Bertz CT molecular complexity index is 200. The molecular weight excluding hydrogens is 142 g/mol. The molecule has 3 atom stereocenters. The molecule has 0 aromatic carbocycles. The Labute approximate surface area is 65.9 Å². The summed E-state index contributed by atoms with van der Waals surface area (Å²) in [5.74, 6) is -1.20. The molecule has 3 heteroatoms. The fraction of sp³-hybridized carbons (Fsp3) is 0.625. The average Bonchev–Trinajstić information content (AvgIpc) is 2.07. The van der Waals surface area contributed by atoms with Gasteiger partial charge in [0.2, 0.25) is 0 Å². The Kier molecular flexibility index (Phi) is 2.00. The molecule has 1 unspecified atom stereocenters. The Morgan fingerprint density at radius 2 is 2.36 bits per heavy atom. The fourth-order valence-corrected chi connectivity index (χ4v) is 1.64. The molecule has 0 saturated heterocycles. The third-order valence-electron chi connectivity index (χ3n) is 2.43. The van der Waals surface area contributed by atoms with Crippen LogP contribution in [0.5, 0.6) is 0 Å². The van der Waals surface area contributed by atoms with E-state index in [9.17, 15) is 4.79 Å². The van der Waals surface area contributed by atoms with Crippen LogP contribution < -0.4 is 5.73 Å². The molecule has 0 amide bonds. The fourth-order valence-electron chi connectivity index (χ4n) is 1.64. The number of hydrogen-bond donors (Lipinski definition) is 2. The zero-order valence-electron chi connectivity index (χ0n) is 6.58. The molecule has 1 fully saturated rings. The van der Waals surface area contributed by atoms with Gasteiger partial charge in [0.05, 0.1) is 5.92 Å². The Morgan fingerprint density at radius 3 is 2.55 bits per heavy atom. The lowest BCUT2D eigenvalue weighted by Gasteiger charge is -2.13. The number of nitrogens with two attached hydrogens (primary N) is 1. The van der Waals surface area contributed by atoms with Gasteiger partial charge in [0.25, 0.3) is 0 Å². The summed E-state index contributed by atoms with van der Waals surface area (Å²) in [6.07, 6.45) is 0.651. The molecule has 11 heavy (non-hydrogen) atoms. The van der Waals surface area contributed by atoms with Crippen LogP contribution in [0, 0.1) is 11.8 Å². The summed E-state index contributed by atoms with van der Waals surface area (Å²) in [5, 5.41) is 8.75. The molecule has 62 valence electrons. The predicted octanol–water partition coefficient (Wildman–Crippen LogP) is 0.611. The van der Waals surface area contributed by atoms with E-state index in [0.717, 1.165) is 5.57 Å². The summed E-state index contributed by atoms with van der Waals surface area (Å²) in [6.45, 7) is 5.64. The summed E-state index contributed by atoms with van der Waals surface area (Å²) in [4.78, 5) is 10.6. The van der Waals surface area contributed by atoms with Crippen LogP contribution in [0.4, 0.5) is 0 Å². The zero-order valence-corrected chi connectivity index (χ0v) is 6.58. The number of rotatable bonds is 1. The van der Waals surface area contributed by atoms with Crippen molar-refractivity contribution in [3.63, 3.8) is 0 Å². The third kappa shape index (κ3) is 1.28. The van der Waals surface area contributed by atoms with Crippen LogP contribution in [0.15, 0.2) is 12.2 Å². The average molecular weight is 155 g/mol. The van der Waals surface area contributed by atoms with E-state index in [4.69, 9.17) is 10.8 Å². The minimum atomic E-state index is -0.802. The van der Waals surface area contributed by atoms with Crippen molar-refractivity contribution in [1.82, 2.24) is 0 Å². The summed E-state index contributed by atoms with van der Waals surface area (Å²) in [6, 6.07) is -0.241. The quantitative estimate of drug-likeness (QED) is 0.545. The van der Waals surface area contributed by atoms with Crippen LogP contribution in [-0.2, 0) is 4.79 Å². The minimum absolute atomic E-state index is 0.0301. The standard InChI is InChI=1S/C8H13NO2/c1-4-3-6(9)7(5(4)2)8(10)11/h5-7H,1,3,9H2,2H3,(H,10,11)/t5?,6-,7+/m0/s1. The molecule has 0 bridgehead atoms. The van der Waals surface area contributed by atoms with Gasteiger partial charge in [0, 0.05) is 6.04 Å². The first-order valence-corrected chi connectivity index (χ1v) is 3.70. The highest BCUT2D eigenvalue weighted by Crippen LogP contribution is 2.34. The van der Waals surface area contributed by atoms with Crippen LogP contribution in [0.1, 0.15) is 13.3 Å². The highest BCUT2D eigenvalue weighted by Gasteiger charge is 2.38. The van der Waals surface area contributed by atoms with Gasteiger partial charge >= 0.3 is 5.97 Å². The van der Waals surface area contributed by atoms with E-state index in [1.165, 1.54) is 0 Å². The highest BCUT2D eigenvalue weighted by atomic mass is 16.4. The van der Waals surface area contributed by atoms with Crippen molar-refractivity contribution in [2.24, 2.45) is 17.6 Å². The van der Waals surface area contributed by atoms with Crippen LogP contribution in [0.2, 0.25) is 0 Å². The molecule has 0 spiro atoms. The molecule has 1 aliphatic rings. The normalized spacial score (nSPS) is 37.6. The van der Waals surface area contributed by atoms with Crippen LogP contribution in [0.25, 0.3) is 0 Å². The second-order valence-electron chi connectivity index (χ2n) is 3.18. The second-order valence-corrected chi connectivity index (χ2v) is 3.18. The van der Waals surface area contributed by atoms with Gasteiger partial charge in [-0.05, 0) is 12.3 Å². The summed E-state index contributed by atoms with van der Waals surface area (Å²) in [7, 11) is 0. The Hall–Kier alpha value is -0.830. The molecule has 0 heterocycles. The molecule has 1 saturated carbocycles. The van der Waals surface area contributed by atoms with E-state index in [1.54, 1.807) is 0 Å². The molecule has 0 radical (unpaired) electrons. The van der Waals surface area contributed by atoms with Gasteiger partial charge < -0.3 is 10.8 Å². The molecule has 0 aromatic rings. The second kappa shape index (κ2) is 2.66. The van der Waals surface area contributed by atoms with Crippen molar-refractivity contribution in [2.75, 3.05) is 0 Å². The van der Waals surface area contributed by atoms with Crippen molar-refractivity contribution in [2.45, 2.75) is 19.4 Å². The van der Waals surface area contributed by atoms with Gasteiger partial charge in [0.15, 0.2) is 0 Å². The van der Waals surface area contributed by atoms with Crippen LogP contribution in [0.3, 0.4) is 0 Å². The minimum Gasteiger partial charge on any atom is -0.481 e. The van der Waals surface area contributed by atoms with E-state index in [2.05, 4.69) is 6.58 Å². The van der Waals surface area contributed by atoms with Crippen molar-refractivity contribution in [3.8, 4) is 0 Å². The van der Waals surface area contributed by atoms with Crippen molar-refractivity contribution >= 4 is 5.97 Å². The molecule has 0 aromatic heterocycles. The smallest absolute Gasteiger partial charge is 0.308 e. The van der Waals surface area contributed by atoms with Gasteiger partial charge in [-0.15, -0.1) is 0 Å². The molecule has 1 rings (SSSR count). The number of hydrogen-bond acceptors (Lipinski definition) is 2. The molecule has 0 aliphatic heterocycles. The zero-order chi connectivity index (χ0) is 8.59. The number of carbonyl (C=O) groups is 1. The lowest BCUT2D eigenvalue weighted by molar-refractivity contribution is -0.142.